The van der Waals surface area contributed by atoms with Gasteiger partial charge in [0.2, 0.25) is 0 Å². The molecule has 0 amide bonds. The van der Waals surface area contributed by atoms with Crippen LogP contribution in [0.1, 0.15) is 16.1 Å². The van der Waals surface area contributed by atoms with E-state index in [2.05, 4.69) is 0 Å². The van der Waals surface area contributed by atoms with Crippen LogP contribution in [0.4, 0.5) is 0 Å². The fourth-order valence-electron chi connectivity index (χ4n) is 1.42. The van der Waals surface area contributed by atoms with Gasteiger partial charge in [-0.3, -0.25) is 4.79 Å². The van der Waals surface area contributed by atoms with E-state index in [1.54, 1.807) is 29.0 Å². The zero-order chi connectivity index (χ0) is 12.4. The normalized spacial score (nSPS) is 10.2. The maximum absolute atomic E-state index is 11.9. The number of carbonyl (C=O) groups excluding carboxylic acids is 1. The molecule has 0 saturated carbocycles. The predicted octanol–water partition coefficient (Wildman–Crippen LogP) is 3.61. The average Bonchev–Trinajstić information content (AvgIpc) is 2.84. The number of Topliss-reactive ketones (excluding diaryl/α,β-unsaturated/α-hetero) is 1. The molecular formula is C11H6Cl2N2OS. The Morgan fingerprint density at radius 3 is 2.88 bits per heavy atom. The molecule has 17 heavy (non-hydrogen) atoms. The molecule has 0 saturated heterocycles. The summed E-state index contributed by atoms with van der Waals surface area (Å²) in [7, 11) is 0. The van der Waals surface area contributed by atoms with Crippen molar-refractivity contribution in [3.05, 3.63) is 44.3 Å². The van der Waals surface area contributed by atoms with Crippen molar-refractivity contribution >= 4 is 40.3 Å². The molecule has 0 aliphatic rings. The Balaban J connectivity index is 2.24. The Hall–Kier alpha value is -1.28. The zero-order valence-electron chi connectivity index (χ0n) is 8.48. The number of carbonyl (C=O) groups is 1. The second-order valence-corrected chi connectivity index (χ2v) is 5.58. The second kappa shape index (κ2) is 4.92. The van der Waals surface area contributed by atoms with Crippen LogP contribution in [0, 0.1) is 11.3 Å². The molecule has 3 nitrogen and oxygen atoms in total. The van der Waals surface area contributed by atoms with E-state index in [4.69, 9.17) is 28.5 Å². The number of aromatic nitrogens is 1. The minimum Gasteiger partial charge on any atom is -0.332 e. The quantitative estimate of drug-likeness (QED) is 0.809. The fourth-order valence-corrected chi connectivity index (χ4v) is 2.92. The minimum atomic E-state index is -0.161. The van der Waals surface area contributed by atoms with Crippen molar-refractivity contribution in [3.63, 3.8) is 0 Å². The van der Waals surface area contributed by atoms with E-state index in [0.717, 1.165) is 11.3 Å². The van der Waals surface area contributed by atoms with Gasteiger partial charge in [-0.1, -0.05) is 23.2 Å². The molecule has 0 fully saturated rings. The van der Waals surface area contributed by atoms with Crippen LogP contribution in [0.15, 0.2) is 24.4 Å². The standard InChI is InChI=1S/C11H6Cl2N2OS/c12-10-4-8(11(13)17-10)9(16)6-15-3-1-2-7(15)5-14/h1-4H,6H2. The van der Waals surface area contributed by atoms with Gasteiger partial charge in [0.05, 0.1) is 16.4 Å². The minimum absolute atomic E-state index is 0.0860. The molecule has 6 heteroatoms. The van der Waals surface area contributed by atoms with Crippen LogP contribution in [0.3, 0.4) is 0 Å². The second-order valence-electron chi connectivity index (χ2n) is 3.29. The number of nitriles is 1. The van der Waals surface area contributed by atoms with Crippen LogP contribution in [0.2, 0.25) is 8.67 Å². The molecule has 86 valence electrons. The van der Waals surface area contributed by atoms with E-state index in [1.807, 2.05) is 6.07 Å². The van der Waals surface area contributed by atoms with Crippen molar-refractivity contribution < 1.29 is 4.79 Å². The molecule has 0 aliphatic carbocycles. The maximum Gasteiger partial charge on any atom is 0.184 e. The highest BCUT2D eigenvalue weighted by Crippen LogP contribution is 2.31. The molecule has 2 rings (SSSR count). The Labute approximate surface area is 112 Å². The smallest absolute Gasteiger partial charge is 0.184 e. The lowest BCUT2D eigenvalue weighted by molar-refractivity contribution is 0.0972. The third-order valence-corrected chi connectivity index (χ3v) is 3.70. The largest absolute Gasteiger partial charge is 0.332 e. The lowest BCUT2D eigenvalue weighted by Gasteiger charge is -2.02. The highest BCUT2D eigenvalue weighted by Gasteiger charge is 2.15. The lowest BCUT2D eigenvalue weighted by atomic mass is 10.2. The fraction of sp³-hybridized carbons (Fsp3) is 0.0909. The van der Waals surface area contributed by atoms with Crippen molar-refractivity contribution in [2.45, 2.75) is 6.54 Å². The van der Waals surface area contributed by atoms with Gasteiger partial charge < -0.3 is 4.57 Å². The summed E-state index contributed by atoms with van der Waals surface area (Å²) in [5.74, 6) is -0.161. The van der Waals surface area contributed by atoms with Crippen LogP contribution in [-0.4, -0.2) is 10.4 Å². The molecule has 0 N–H and O–H groups in total. The summed E-state index contributed by atoms with van der Waals surface area (Å²) in [5.41, 5.74) is 0.843. The van der Waals surface area contributed by atoms with Crippen LogP contribution in [0.5, 0.6) is 0 Å². The van der Waals surface area contributed by atoms with Gasteiger partial charge in [0.1, 0.15) is 16.1 Å². The molecule has 0 aromatic carbocycles. The molecule has 0 unspecified atom stereocenters. The van der Waals surface area contributed by atoms with Gasteiger partial charge in [-0.15, -0.1) is 11.3 Å². The molecule has 0 atom stereocenters. The summed E-state index contributed by atoms with van der Waals surface area (Å²) >= 11 is 12.8. The number of rotatable bonds is 3. The molecular weight excluding hydrogens is 279 g/mol. The molecule has 0 radical (unpaired) electrons. The van der Waals surface area contributed by atoms with E-state index >= 15 is 0 Å². The highest BCUT2D eigenvalue weighted by atomic mass is 35.5. The summed E-state index contributed by atoms with van der Waals surface area (Å²) in [5, 5.41) is 8.82. The van der Waals surface area contributed by atoms with Gasteiger partial charge in [0.15, 0.2) is 5.78 Å². The summed E-state index contributed by atoms with van der Waals surface area (Å²) in [6.07, 6.45) is 1.68. The van der Waals surface area contributed by atoms with E-state index in [-0.39, 0.29) is 12.3 Å². The van der Waals surface area contributed by atoms with Crippen molar-refractivity contribution in [3.8, 4) is 6.07 Å². The lowest BCUT2D eigenvalue weighted by Crippen LogP contribution is -2.10. The van der Waals surface area contributed by atoms with E-state index < -0.39 is 0 Å². The van der Waals surface area contributed by atoms with E-state index in [0.29, 0.717) is 19.9 Å². The third kappa shape index (κ3) is 2.52. The van der Waals surface area contributed by atoms with Crippen molar-refractivity contribution in [2.24, 2.45) is 0 Å². The van der Waals surface area contributed by atoms with Crippen molar-refractivity contribution in [2.75, 3.05) is 0 Å². The molecule has 0 bridgehead atoms. The van der Waals surface area contributed by atoms with Crippen molar-refractivity contribution in [1.29, 1.82) is 5.26 Å². The molecule has 2 heterocycles. The summed E-state index contributed by atoms with van der Waals surface area (Å²) in [4.78, 5) is 11.9. The first kappa shape index (κ1) is 12.2. The van der Waals surface area contributed by atoms with Crippen LogP contribution in [0.25, 0.3) is 0 Å². The predicted molar refractivity (Wildman–Crippen MR) is 67.8 cm³/mol. The Bertz CT molecular complexity index is 609. The molecule has 0 aliphatic heterocycles. The van der Waals surface area contributed by atoms with Gasteiger partial charge >= 0.3 is 0 Å². The van der Waals surface area contributed by atoms with Gasteiger partial charge in [-0.25, -0.2) is 0 Å². The maximum atomic E-state index is 11.9. The van der Waals surface area contributed by atoms with Gasteiger partial charge in [-0.05, 0) is 18.2 Å². The SMILES string of the molecule is N#Cc1cccn1CC(=O)c1cc(Cl)sc1Cl. The number of hydrogen-bond donors (Lipinski definition) is 0. The summed E-state index contributed by atoms with van der Waals surface area (Å²) < 4.78 is 2.43. The zero-order valence-corrected chi connectivity index (χ0v) is 10.8. The molecule has 2 aromatic rings. The summed E-state index contributed by atoms with van der Waals surface area (Å²) in [6, 6.07) is 6.92. The number of ketones is 1. The molecule has 2 aromatic heterocycles. The Kier molecular flexibility index (Phi) is 3.53. The van der Waals surface area contributed by atoms with Gasteiger partial charge in [0.25, 0.3) is 0 Å². The van der Waals surface area contributed by atoms with Gasteiger partial charge in [0, 0.05) is 6.20 Å². The number of thiophene rings is 1. The molecule has 0 spiro atoms. The van der Waals surface area contributed by atoms with Crippen LogP contribution < -0.4 is 0 Å². The summed E-state index contributed by atoms with van der Waals surface area (Å²) in [6.45, 7) is 0.0860. The first-order valence-corrected chi connectivity index (χ1v) is 6.22. The number of halogens is 2. The van der Waals surface area contributed by atoms with E-state index in [9.17, 15) is 4.79 Å². The first-order valence-electron chi connectivity index (χ1n) is 4.65. The third-order valence-electron chi connectivity index (χ3n) is 2.22. The number of nitrogens with zero attached hydrogens (tertiary/aromatic N) is 2. The first-order chi connectivity index (χ1) is 8.11. The van der Waals surface area contributed by atoms with Gasteiger partial charge in [-0.2, -0.15) is 5.26 Å². The number of hydrogen-bond acceptors (Lipinski definition) is 3. The Morgan fingerprint density at radius 2 is 2.29 bits per heavy atom. The topological polar surface area (TPSA) is 45.8 Å². The highest BCUT2D eigenvalue weighted by molar-refractivity contribution is 7.20. The van der Waals surface area contributed by atoms with Crippen LogP contribution in [-0.2, 0) is 6.54 Å². The monoisotopic (exact) mass is 284 g/mol. The Morgan fingerprint density at radius 1 is 1.53 bits per heavy atom. The van der Waals surface area contributed by atoms with Crippen molar-refractivity contribution in [1.82, 2.24) is 4.57 Å². The van der Waals surface area contributed by atoms with Crippen LogP contribution >= 0.6 is 34.5 Å². The van der Waals surface area contributed by atoms with E-state index in [1.165, 1.54) is 0 Å². The average molecular weight is 285 g/mol.